The molecule has 0 amide bonds. The Labute approximate surface area is 128 Å². The van der Waals surface area contributed by atoms with Crippen molar-refractivity contribution >= 4 is 27.3 Å². The third-order valence-electron chi connectivity index (χ3n) is 3.34. The van der Waals surface area contributed by atoms with Crippen molar-refractivity contribution in [2.45, 2.75) is 33.2 Å². The molecule has 2 aromatic rings. The topological polar surface area (TPSA) is 12.0 Å². The highest BCUT2D eigenvalue weighted by molar-refractivity contribution is 9.11. The number of benzene rings is 1. The van der Waals surface area contributed by atoms with E-state index in [0.717, 1.165) is 13.0 Å². The quantitative estimate of drug-likeness (QED) is 0.788. The van der Waals surface area contributed by atoms with Gasteiger partial charge < -0.3 is 5.32 Å². The minimum Gasteiger partial charge on any atom is -0.306 e. The van der Waals surface area contributed by atoms with Gasteiger partial charge in [-0.3, -0.25) is 0 Å². The number of nitrogens with one attached hydrogen (secondary N) is 1. The van der Waals surface area contributed by atoms with Crippen LogP contribution in [-0.2, 0) is 0 Å². The third-order valence-corrected chi connectivity index (χ3v) is 4.90. The van der Waals surface area contributed by atoms with E-state index in [4.69, 9.17) is 0 Å². The van der Waals surface area contributed by atoms with Crippen LogP contribution in [0.3, 0.4) is 0 Å². The molecule has 0 fully saturated rings. The summed E-state index contributed by atoms with van der Waals surface area (Å²) in [6.45, 7) is 7.63. The zero-order chi connectivity index (χ0) is 13.8. The van der Waals surface area contributed by atoms with Crippen LogP contribution in [0.25, 0.3) is 0 Å². The van der Waals surface area contributed by atoms with E-state index in [2.05, 4.69) is 72.3 Å². The monoisotopic (exact) mass is 337 g/mol. The molecule has 1 aromatic heterocycles. The minimum absolute atomic E-state index is 0.295. The molecule has 0 radical (unpaired) electrons. The van der Waals surface area contributed by atoms with E-state index in [0.29, 0.717) is 6.04 Å². The fourth-order valence-corrected chi connectivity index (χ4v) is 4.08. The summed E-state index contributed by atoms with van der Waals surface area (Å²) in [6, 6.07) is 11.2. The standard InChI is InChI=1S/C16H20BrNS/c1-4-9-18-16(13-8-6-5-7-11(13)2)14-10-15(17)19-12(14)3/h5-8,10,16,18H,4,9H2,1-3H3. The SMILES string of the molecule is CCCNC(c1ccccc1C)c1cc(Br)sc1C. The van der Waals surface area contributed by atoms with Crippen molar-refractivity contribution in [2.24, 2.45) is 0 Å². The van der Waals surface area contributed by atoms with Crippen molar-refractivity contribution in [3.8, 4) is 0 Å². The van der Waals surface area contributed by atoms with Crippen LogP contribution >= 0.6 is 27.3 Å². The molecule has 3 heteroatoms. The van der Waals surface area contributed by atoms with Gasteiger partial charge in [0.25, 0.3) is 0 Å². The number of thiophene rings is 1. The van der Waals surface area contributed by atoms with Crippen molar-refractivity contribution < 1.29 is 0 Å². The predicted octanol–water partition coefficient (Wildman–Crippen LogP) is 5.22. The molecule has 19 heavy (non-hydrogen) atoms. The average molecular weight is 338 g/mol. The van der Waals surface area contributed by atoms with Gasteiger partial charge in [0, 0.05) is 4.88 Å². The number of rotatable bonds is 5. The highest BCUT2D eigenvalue weighted by Crippen LogP contribution is 2.34. The second-order valence-corrected chi connectivity index (χ2v) is 7.44. The first kappa shape index (κ1) is 14.8. The molecule has 1 unspecified atom stereocenters. The Morgan fingerprint density at radius 2 is 1.95 bits per heavy atom. The van der Waals surface area contributed by atoms with Gasteiger partial charge in [0.15, 0.2) is 0 Å². The number of aryl methyl sites for hydroxylation is 2. The molecule has 0 saturated heterocycles. The largest absolute Gasteiger partial charge is 0.306 e. The van der Waals surface area contributed by atoms with Crippen LogP contribution < -0.4 is 5.32 Å². The number of hydrogen-bond donors (Lipinski definition) is 1. The molecule has 0 saturated carbocycles. The highest BCUT2D eigenvalue weighted by Gasteiger charge is 2.18. The average Bonchev–Trinajstić information content (AvgIpc) is 2.71. The lowest BCUT2D eigenvalue weighted by Gasteiger charge is -2.21. The highest BCUT2D eigenvalue weighted by atomic mass is 79.9. The maximum absolute atomic E-state index is 3.68. The lowest BCUT2D eigenvalue weighted by atomic mass is 9.95. The summed E-state index contributed by atoms with van der Waals surface area (Å²) < 4.78 is 1.21. The van der Waals surface area contributed by atoms with E-state index in [1.54, 1.807) is 0 Å². The minimum atomic E-state index is 0.295. The van der Waals surface area contributed by atoms with Crippen LogP contribution in [0.15, 0.2) is 34.1 Å². The molecule has 0 bridgehead atoms. The van der Waals surface area contributed by atoms with Gasteiger partial charge in [0.05, 0.1) is 9.83 Å². The van der Waals surface area contributed by atoms with Crippen LogP contribution in [0, 0.1) is 13.8 Å². The molecule has 0 aliphatic heterocycles. The normalized spacial score (nSPS) is 12.6. The first-order valence-corrected chi connectivity index (χ1v) is 8.29. The van der Waals surface area contributed by atoms with E-state index < -0.39 is 0 Å². The molecular formula is C16H20BrNS. The Balaban J connectivity index is 2.41. The Kier molecular flexibility index (Phi) is 5.20. The van der Waals surface area contributed by atoms with E-state index in [1.165, 1.54) is 25.4 Å². The lowest BCUT2D eigenvalue weighted by molar-refractivity contribution is 0.595. The Hall–Kier alpha value is -0.640. The van der Waals surface area contributed by atoms with E-state index in [1.807, 2.05) is 11.3 Å². The van der Waals surface area contributed by atoms with Crippen LogP contribution in [0.4, 0.5) is 0 Å². The van der Waals surface area contributed by atoms with Crippen molar-refractivity contribution in [2.75, 3.05) is 6.54 Å². The molecule has 1 nitrogen and oxygen atoms in total. The van der Waals surface area contributed by atoms with Crippen molar-refractivity contribution in [1.82, 2.24) is 5.32 Å². The lowest BCUT2D eigenvalue weighted by Crippen LogP contribution is -2.24. The van der Waals surface area contributed by atoms with Gasteiger partial charge in [-0.15, -0.1) is 11.3 Å². The van der Waals surface area contributed by atoms with Gasteiger partial charge in [-0.1, -0.05) is 31.2 Å². The molecule has 0 aliphatic rings. The summed E-state index contributed by atoms with van der Waals surface area (Å²) in [5, 5.41) is 3.68. The predicted molar refractivity (Wildman–Crippen MR) is 88.1 cm³/mol. The molecular weight excluding hydrogens is 318 g/mol. The van der Waals surface area contributed by atoms with Gasteiger partial charge in [-0.05, 0) is 65.5 Å². The Bertz CT molecular complexity index is 547. The van der Waals surface area contributed by atoms with Crippen molar-refractivity contribution in [3.63, 3.8) is 0 Å². The third kappa shape index (κ3) is 3.47. The van der Waals surface area contributed by atoms with Crippen molar-refractivity contribution in [1.29, 1.82) is 0 Å². The molecule has 0 spiro atoms. The number of hydrogen-bond acceptors (Lipinski definition) is 2. The maximum atomic E-state index is 3.68. The molecule has 1 aromatic carbocycles. The Morgan fingerprint density at radius 1 is 1.21 bits per heavy atom. The molecule has 1 atom stereocenters. The Morgan fingerprint density at radius 3 is 2.53 bits per heavy atom. The second-order valence-electron chi connectivity index (χ2n) is 4.81. The van der Waals surface area contributed by atoms with Gasteiger partial charge in [0.1, 0.15) is 0 Å². The van der Waals surface area contributed by atoms with Crippen molar-refractivity contribution in [3.05, 3.63) is 55.7 Å². The van der Waals surface area contributed by atoms with Gasteiger partial charge in [-0.2, -0.15) is 0 Å². The molecule has 0 aliphatic carbocycles. The summed E-state index contributed by atoms with van der Waals surface area (Å²) in [4.78, 5) is 1.38. The van der Waals surface area contributed by atoms with E-state index >= 15 is 0 Å². The van der Waals surface area contributed by atoms with Gasteiger partial charge in [-0.25, -0.2) is 0 Å². The fraction of sp³-hybridized carbons (Fsp3) is 0.375. The molecule has 2 rings (SSSR count). The summed E-state index contributed by atoms with van der Waals surface area (Å²) >= 11 is 5.41. The molecule has 1 heterocycles. The summed E-state index contributed by atoms with van der Waals surface area (Å²) in [7, 11) is 0. The summed E-state index contributed by atoms with van der Waals surface area (Å²) in [5.74, 6) is 0. The first-order valence-electron chi connectivity index (χ1n) is 6.68. The van der Waals surface area contributed by atoms with E-state index in [9.17, 15) is 0 Å². The smallest absolute Gasteiger partial charge is 0.0704 e. The maximum Gasteiger partial charge on any atom is 0.0704 e. The van der Waals surface area contributed by atoms with Crippen LogP contribution in [0.1, 0.15) is 41.0 Å². The van der Waals surface area contributed by atoms with Gasteiger partial charge in [0.2, 0.25) is 0 Å². The molecule has 102 valence electrons. The van der Waals surface area contributed by atoms with E-state index in [-0.39, 0.29) is 0 Å². The van der Waals surface area contributed by atoms with Gasteiger partial charge >= 0.3 is 0 Å². The van der Waals surface area contributed by atoms with Crippen LogP contribution in [-0.4, -0.2) is 6.54 Å². The zero-order valence-corrected chi connectivity index (χ0v) is 14.1. The first-order chi connectivity index (χ1) is 9.13. The molecule has 1 N–H and O–H groups in total. The fourth-order valence-electron chi connectivity index (χ4n) is 2.33. The second kappa shape index (κ2) is 6.69. The summed E-state index contributed by atoms with van der Waals surface area (Å²) in [5.41, 5.74) is 4.11. The summed E-state index contributed by atoms with van der Waals surface area (Å²) in [6.07, 6.45) is 1.15. The van der Waals surface area contributed by atoms with Crippen LogP contribution in [0.5, 0.6) is 0 Å². The zero-order valence-electron chi connectivity index (χ0n) is 11.7. The number of halogens is 1. The van der Waals surface area contributed by atoms with Crippen LogP contribution in [0.2, 0.25) is 0 Å².